The second kappa shape index (κ2) is 5.36. The molecule has 1 aromatic heterocycles. The van der Waals surface area contributed by atoms with Crippen LogP contribution in [0.2, 0.25) is 0 Å². The zero-order chi connectivity index (χ0) is 14.9. The highest BCUT2D eigenvalue weighted by Crippen LogP contribution is 2.14. The van der Waals surface area contributed by atoms with E-state index in [1.807, 2.05) is 13.8 Å². The van der Waals surface area contributed by atoms with Gasteiger partial charge < -0.3 is 5.32 Å². The van der Waals surface area contributed by atoms with E-state index in [2.05, 4.69) is 10.4 Å². The Balaban J connectivity index is 2.40. The van der Waals surface area contributed by atoms with Crippen molar-refractivity contribution in [1.82, 2.24) is 20.0 Å². The summed E-state index contributed by atoms with van der Waals surface area (Å²) in [6, 6.07) is -0.437. The number of aryl methyl sites for hydroxylation is 2. The van der Waals surface area contributed by atoms with Gasteiger partial charge in [-0.15, -0.1) is 0 Å². The fourth-order valence-electron chi connectivity index (χ4n) is 2.18. The molecule has 0 aromatic carbocycles. The number of hydrogen-bond donors (Lipinski definition) is 2. The highest BCUT2D eigenvalue weighted by molar-refractivity contribution is 6.13. The smallest absolute Gasteiger partial charge is 0.303 e. The summed E-state index contributed by atoms with van der Waals surface area (Å²) < 4.78 is 1.36. The molecule has 1 fully saturated rings. The number of hydrogen-bond acceptors (Lipinski definition) is 3. The van der Waals surface area contributed by atoms with Crippen molar-refractivity contribution in [3.63, 3.8) is 0 Å². The lowest BCUT2D eigenvalue weighted by molar-refractivity contribution is -0.122. The van der Waals surface area contributed by atoms with Crippen molar-refractivity contribution >= 4 is 18.0 Å². The van der Waals surface area contributed by atoms with Gasteiger partial charge in [0.2, 0.25) is 0 Å². The van der Waals surface area contributed by atoms with E-state index in [-0.39, 0.29) is 17.2 Å². The standard InChI is InChI=1S/C13H18N4O3/c1-4-6-17-12(19)10(14-13(17)20)7-8-9(5-2)15-16(3)11(8)18/h7,15H,4-6H2,1-3H3,(H,14,20)/b10-7-. The average molecular weight is 278 g/mol. The molecule has 0 unspecified atom stereocenters. The van der Waals surface area contributed by atoms with Crippen LogP contribution in [-0.2, 0) is 18.3 Å². The number of H-pyrrole nitrogens is 1. The molecule has 20 heavy (non-hydrogen) atoms. The molecule has 0 saturated carbocycles. The second-order valence-electron chi connectivity index (χ2n) is 4.67. The van der Waals surface area contributed by atoms with Gasteiger partial charge >= 0.3 is 6.03 Å². The van der Waals surface area contributed by atoms with Gasteiger partial charge in [-0.25, -0.2) is 4.79 Å². The van der Waals surface area contributed by atoms with Gasteiger partial charge in [0.1, 0.15) is 5.70 Å². The summed E-state index contributed by atoms with van der Waals surface area (Å²) in [5, 5.41) is 5.43. The van der Waals surface area contributed by atoms with E-state index >= 15 is 0 Å². The van der Waals surface area contributed by atoms with Crippen LogP contribution in [0.15, 0.2) is 10.5 Å². The zero-order valence-electron chi connectivity index (χ0n) is 11.8. The van der Waals surface area contributed by atoms with Crippen molar-refractivity contribution in [2.75, 3.05) is 6.54 Å². The molecule has 1 aliphatic heterocycles. The van der Waals surface area contributed by atoms with E-state index in [0.29, 0.717) is 24.9 Å². The van der Waals surface area contributed by atoms with Crippen LogP contribution in [0, 0.1) is 0 Å². The number of carbonyl (C=O) groups is 2. The number of imide groups is 1. The Labute approximate surface area is 116 Å². The van der Waals surface area contributed by atoms with Gasteiger partial charge in [-0.3, -0.25) is 24.3 Å². The number of nitrogens with zero attached hydrogens (tertiary/aromatic N) is 2. The molecule has 2 N–H and O–H groups in total. The molecule has 3 amide bonds. The largest absolute Gasteiger partial charge is 0.329 e. The maximum Gasteiger partial charge on any atom is 0.329 e. The highest BCUT2D eigenvalue weighted by Gasteiger charge is 2.33. The summed E-state index contributed by atoms with van der Waals surface area (Å²) in [6.07, 6.45) is 2.78. The topological polar surface area (TPSA) is 87.2 Å². The lowest BCUT2D eigenvalue weighted by Gasteiger charge is -2.08. The Hall–Kier alpha value is -2.31. The number of rotatable bonds is 4. The Morgan fingerprint density at radius 3 is 2.50 bits per heavy atom. The van der Waals surface area contributed by atoms with Crippen LogP contribution in [0.1, 0.15) is 31.5 Å². The fraction of sp³-hybridized carbons (Fsp3) is 0.462. The van der Waals surface area contributed by atoms with Gasteiger partial charge in [0, 0.05) is 19.3 Å². The maximum absolute atomic E-state index is 12.1. The van der Waals surface area contributed by atoms with Crippen LogP contribution < -0.4 is 10.9 Å². The summed E-state index contributed by atoms with van der Waals surface area (Å²) in [7, 11) is 1.61. The van der Waals surface area contributed by atoms with Crippen LogP contribution in [0.3, 0.4) is 0 Å². The maximum atomic E-state index is 12.1. The predicted octanol–water partition coefficient (Wildman–Crippen LogP) is 0.579. The lowest BCUT2D eigenvalue weighted by Crippen LogP contribution is -2.31. The molecule has 0 spiro atoms. The van der Waals surface area contributed by atoms with Crippen LogP contribution in [-0.4, -0.2) is 33.2 Å². The van der Waals surface area contributed by atoms with Crippen molar-refractivity contribution in [3.8, 4) is 0 Å². The van der Waals surface area contributed by atoms with Gasteiger partial charge in [0.15, 0.2) is 0 Å². The van der Waals surface area contributed by atoms with Crippen molar-refractivity contribution in [3.05, 3.63) is 27.3 Å². The van der Waals surface area contributed by atoms with E-state index in [1.165, 1.54) is 10.8 Å². The van der Waals surface area contributed by atoms with Gasteiger partial charge in [-0.1, -0.05) is 13.8 Å². The third-order valence-electron chi connectivity index (χ3n) is 3.21. The molecule has 108 valence electrons. The Bertz CT molecular complexity index is 639. The molecule has 1 saturated heterocycles. The second-order valence-corrected chi connectivity index (χ2v) is 4.67. The molecular formula is C13H18N4O3. The molecule has 7 nitrogen and oxygen atoms in total. The van der Waals surface area contributed by atoms with E-state index in [1.54, 1.807) is 7.05 Å². The number of amides is 3. The SMILES string of the molecule is CCCN1C(=O)N/C(=C\c2c(CC)[nH]n(C)c2=O)C1=O. The summed E-state index contributed by atoms with van der Waals surface area (Å²) in [5.41, 5.74) is 1.08. The van der Waals surface area contributed by atoms with E-state index < -0.39 is 6.03 Å². The van der Waals surface area contributed by atoms with Crippen LogP contribution in [0.25, 0.3) is 6.08 Å². The molecule has 0 atom stereocenters. The first kappa shape index (κ1) is 14.1. The summed E-state index contributed by atoms with van der Waals surface area (Å²) in [4.78, 5) is 36.9. The number of aromatic nitrogens is 2. The van der Waals surface area contributed by atoms with Crippen molar-refractivity contribution in [2.24, 2.45) is 7.05 Å². The van der Waals surface area contributed by atoms with Crippen molar-refractivity contribution in [1.29, 1.82) is 0 Å². The van der Waals surface area contributed by atoms with E-state index in [9.17, 15) is 14.4 Å². The predicted molar refractivity (Wildman–Crippen MR) is 73.9 cm³/mol. The minimum absolute atomic E-state index is 0.148. The molecule has 1 aliphatic rings. The number of urea groups is 1. The Kier molecular flexibility index (Phi) is 3.78. The fourth-order valence-corrected chi connectivity index (χ4v) is 2.18. The van der Waals surface area contributed by atoms with Crippen LogP contribution in [0.4, 0.5) is 4.79 Å². The molecule has 0 aliphatic carbocycles. The molecule has 1 aromatic rings. The van der Waals surface area contributed by atoms with Gasteiger partial charge in [0.05, 0.1) is 5.56 Å². The molecular weight excluding hydrogens is 260 g/mol. The molecule has 7 heteroatoms. The minimum atomic E-state index is -0.437. The Morgan fingerprint density at radius 1 is 1.20 bits per heavy atom. The first-order valence-corrected chi connectivity index (χ1v) is 6.62. The first-order chi connectivity index (χ1) is 9.49. The Morgan fingerprint density at radius 2 is 1.90 bits per heavy atom. The lowest BCUT2D eigenvalue weighted by atomic mass is 10.1. The average Bonchev–Trinajstić information content (AvgIpc) is 2.84. The third-order valence-corrected chi connectivity index (χ3v) is 3.21. The summed E-state index contributed by atoms with van der Waals surface area (Å²) in [5.74, 6) is -0.387. The molecule has 0 bridgehead atoms. The quantitative estimate of drug-likeness (QED) is 0.624. The highest BCUT2D eigenvalue weighted by atomic mass is 16.2. The monoisotopic (exact) mass is 278 g/mol. The summed E-state index contributed by atoms with van der Waals surface area (Å²) in [6.45, 7) is 4.17. The van der Waals surface area contributed by atoms with Crippen LogP contribution in [0.5, 0.6) is 0 Å². The van der Waals surface area contributed by atoms with Gasteiger partial charge in [-0.2, -0.15) is 0 Å². The van der Waals surface area contributed by atoms with Crippen molar-refractivity contribution in [2.45, 2.75) is 26.7 Å². The number of carbonyl (C=O) groups excluding carboxylic acids is 2. The molecule has 0 radical (unpaired) electrons. The summed E-state index contributed by atoms with van der Waals surface area (Å²) >= 11 is 0. The first-order valence-electron chi connectivity index (χ1n) is 6.62. The zero-order valence-corrected chi connectivity index (χ0v) is 11.8. The van der Waals surface area contributed by atoms with E-state index in [4.69, 9.17) is 0 Å². The van der Waals surface area contributed by atoms with Gasteiger partial charge in [0.25, 0.3) is 11.5 Å². The molecule has 2 heterocycles. The van der Waals surface area contributed by atoms with Crippen molar-refractivity contribution < 1.29 is 9.59 Å². The van der Waals surface area contributed by atoms with Crippen LogP contribution >= 0.6 is 0 Å². The van der Waals surface area contributed by atoms with Gasteiger partial charge in [-0.05, 0) is 18.9 Å². The normalized spacial score (nSPS) is 17.1. The third kappa shape index (κ3) is 2.26. The molecule has 2 rings (SSSR count). The number of nitrogens with one attached hydrogen (secondary N) is 2. The minimum Gasteiger partial charge on any atom is -0.303 e. The number of aromatic amines is 1. The van der Waals surface area contributed by atoms with E-state index in [0.717, 1.165) is 10.6 Å².